The zero-order valence-corrected chi connectivity index (χ0v) is 15.3. The van der Waals surface area contributed by atoms with E-state index in [4.69, 9.17) is 0 Å². The fraction of sp³-hybridized carbons (Fsp3) is 0.667. The molecule has 10 heteroatoms. The molecular formula is C15H23N5O4S. The highest BCUT2D eigenvalue weighted by Gasteiger charge is 2.33. The highest BCUT2D eigenvalue weighted by atomic mass is 32.2. The van der Waals surface area contributed by atoms with E-state index in [1.807, 2.05) is 0 Å². The Kier molecular flexibility index (Phi) is 4.83. The van der Waals surface area contributed by atoms with Gasteiger partial charge in [-0.2, -0.15) is 9.40 Å². The molecule has 2 saturated heterocycles. The summed E-state index contributed by atoms with van der Waals surface area (Å²) in [4.78, 5) is 25.2. The van der Waals surface area contributed by atoms with Gasteiger partial charge in [-0.25, -0.2) is 13.2 Å². The van der Waals surface area contributed by atoms with Crippen molar-refractivity contribution in [2.45, 2.75) is 44.6 Å². The van der Waals surface area contributed by atoms with E-state index in [-0.39, 0.29) is 11.4 Å². The molecule has 0 bridgehead atoms. The summed E-state index contributed by atoms with van der Waals surface area (Å²) in [6, 6.07) is -0.423. The van der Waals surface area contributed by atoms with Crippen LogP contribution in [0.3, 0.4) is 0 Å². The standard InChI is InChI=1S/C15H23N5O4S/c1-11-14(25(23,24)18-7-4-3-5-8-18)12(2)20(17-11)10-13(21)19-9-6-16-15(19)22/h3-10H2,1-2H3,(H,16,22). The van der Waals surface area contributed by atoms with Crippen LogP contribution >= 0.6 is 0 Å². The number of hydrogen-bond donors (Lipinski definition) is 1. The van der Waals surface area contributed by atoms with Crippen molar-refractivity contribution < 1.29 is 18.0 Å². The monoisotopic (exact) mass is 369 g/mol. The zero-order valence-electron chi connectivity index (χ0n) is 14.5. The summed E-state index contributed by atoms with van der Waals surface area (Å²) in [6.07, 6.45) is 2.75. The van der Waals surface area contributed by atoms with Crippen molar-refractivity contribution in [1.82, 2.24) is 24.3 Å². The van der Waals surface area contributed by atoms with Crippen LogP contribution in [0.4, 0.5) is 4.79 Å². The number of urea groups is 1. The molecule has 0 radical (unpaired) electrons. The van der Waals surface area contributed by atoms with Gasteiger partial charge in [0.25, 0.3) is 5.91 Å². The first-order valence-corrected chi connectivity index (χ1v) is 9.88. The highest BCUT2D eigenvalue weighted by molar-refractivity contribution is 7.89. The molecule has 1 aromatic heterocycles. The number of nitrogens with one attached hydrogen (secondary N) is 1. The number of piperidine rings is 1. The van der Waals surface area contributed by atoms with Crippen LogP contribution in [0, 0.1) is 13.8 Å². The lowest BCUT2D eigenvalue weighted by molar-refractivity contribution is -0.128. The van der Waals surface area contributed by atoms with Crippen LogP contribution in [-0.2, 0) is 21.4 Å². The number of amides is 3. The first kappa shape index (κ1) is 17.9. The third-order valence-corrected chi connectivity index (χ3v) is 6.82. The average Bonchev–Trinajstić information content (AvgIpc) is 3.12. The van der Waals surface area contributed by atoms with Crippen molar-refractivity contribution in [2.24, 2.45) is 0 Å². The molecule has 2 fully saturated rings. The Hall–Kier alpha value is -1.94. The minimum Gasteiger partial charge on any atom is -0.336 e. The number of aryl methyl sites for hydroxylation is 1. The van der Waals surface area contributed by atoms with E-state index in [1.54, 1.807) is 13.8 Å². The molecule has 9 nitrogen and oxygen atoms in total. The first-order chi connectivity index (χ1) is 11.8. The third-order valence-electron chi connectivity index (χ3n) is 4.67. The van der Waals surface area contributed by atoms with E-state index >= 15 is 0 Å². The second-order valence-electron chi connectivity index (χ2n) is 6.40. The number of imide groups is 1. The van der Waals surface area contributed by atoms with Crippen LogP contribution in [0.2, 0.25) is 0 Å². The number of nitrogens with zero attached hydrogens (tertiary/aromatic N) is 4. The van der Waals surface area contributed by atoms with E-state index in [1.165, 1.54) is 8.99 Å². The largest absolute Gasteiger partial charge is 0.336 e. The first-order valence-electron chi connectivity index (χ1n) is 8.44. The van der Waals surface area contributed by atoms with Gasteiger partial charge < -0.3 is 5.32 Å². The molecule has 1 N–H and O–H groups in total. The van der Waals surface area contributed by atoms with Gasteiger partial charge in [0.2, 0.25) is 10.0 Å². The van der Waals surface area contributed by atoms with E-state index in [2.05, 4.69) is 10.4 Å². The maximum absolute atomic E-state index is 12.9. The molecular weight excluding hydrogens is 346 g/mol. The van der Waals surface area contributed by atoms with Gasteiger partial charge >= 0.3 is 6.03 Å². The fourth-order valence-electron chi connectivity index (χ4n) is 3.37. The van der Waals surface area contributed by atoms with Crippen LogP contribution in [0.25, 0.3) is 0 Å². The molecule has 0 aromatic carbocycles. The summed E-state index contributed by atoms with van der Waals surface area (Å²) in [5.74, 6) is -0.400. The Morgan fingerprint density at radius 1 is 1.16 bits per heavy atom. The van der Waals surface area contributed by atoms with Gasteiger partial charge in [-0.15, -0.1) is 0 Å². The molecule has 3 heterocycles. The van der Waals surface area contributed by atoms with E-state index < -0.39 is 22.0 Å². The summed E-state index contributed by atoms with van der Waals surface area (Å²) in [5, 5.41) is 6.81. The lowest BCUT2D eigenvalue weighted by atomic mass is 10.2. The molecule has 0 spiro atoms. The zero-order chi connectivity index (χ0) is 18.2. The molecule has 1 aromatic rings. The molecule has 3 rings (SSSR count). The smallest absolute Gasteiger partial charge is 0.324 e. The van der Waals surface area contributed by atoms with Crippen molar-refractivity contribution in [3.05, 3.63) is 11.4 Å². The van der Waals surface area contributed by atoms with Gasteiger partial charge in [0, 0.05) is 26.2 Å². The summed E-state index contributed by atoms with van der Waals surface area (Å²) in [5.41, 5.74) is 0.803. The van der Waals surface area contributed by atoms with Gasteiger partial charge in [0.15, 0.2) is 0 Å². The number of aromatic nitrogens is 2. The van der Waals surface area contributed by atoms with Gasteiger partial charge in [0.1, 0.15) is 11.4 Å². The Labute approximate surface area is 147 Å². The Morgan fingerprint density at radius 3 is 2.44 bits per heavy atom. The number of rotatable bonds is 4. The van der Waals surface area contributed by atoms with Crippen molar-refractivity contribution in [2.75, 3.05) is 26.2 Å². The summed E-state index contributed by atoms with van der Waals surface area (Å²) in [7, 11) is -3.62. The molecule has 2 aliphatic rings. The molecule has 0 unspecified atom stereocenters. The minimum atomic E-state index is -3.62. The second-order valence-corrected chi connectivity index (χ2v) is 8.27. The number of sulfonamides is 1. The Bertz CT molecular complexity index is 795. The van der Waals surface area contributed by atoms with Crippen LogP contribution < -0.4 is 5.32 Å². The van der Waals surface area contributed by atoms with Gasteiger partial charge in [0.05, 0.1) is 11.4 Å². The average molecular weight is 369 g/mol. The lowest BCUT2D eigenvalue weighted by Gasteiger charge is -2.26. The quantitative estimate of drug-likeness (QED) is 0.818. The molecule has 2 aliphatic heterocycles. The van der Waals surface area contributed by atoms with Crippen molar-refractivity contribution in [1.29, 1.82) is 0 Å². The maximum atomic E-state index is 12.9. The second kappa shape index (κ2) is 6.75. The van der Waals surface area contributed by atoms with E-state index in [0.29, 0.717) is 37.6 Å². The highest BCUT2D eigenvalue weighted by Crippen LogP contribution is 2.26. The summed E-state index contributed by atoms with van der Waals surface area (Å²) in [6.45, 7) is 4.89. The summed E-state index contributed by atoms with van der Waals surface area (Å²) < 4.78 is 28.8. The predicted molar refractivity (Wildman–Crippen MR) is 89.4 cm³/mol. The van der Waals surface area contributed by atoms with Gasteiger partial charge in [-0.05, 0) is 26.7 Å². The molecule has 0 aliphatic carbocycles. The van der Waals surface area contributed by atoms with Crippen molar-refractivity contribution in [3.8, 4) is 0 Å². The number of carbonyl (C=O) groups is 2. The predicted octanol–water partition coefficient (Wildman–Crippen LogP) is 0.226. The van der Waals surface area contributed by atoms with E-state index in [0.717, 1.165) is 24.2 Å². The summed E-state index contributed by atoms with van der Waals surface area (Å²) >= 11 is 0. The molecule has 0 atom stereocenters. The van der Waals surface area contributed by atoms with Crippen LogP contribution in [0.1, 0.15) is 30.7 Å². The van der Waals surface area contributed by atoms with Crippen molar-refractivity contribution >= 4 is 22.0 Å². The lowest BCUT2D eigenvalue weighted by Crippen LogP contribution is -2.37. The Balaban J connectivity index is 1.85. The van der Waals surface area contributed by atoms with Crippen LogP contribution in [0.15, 0.2) is 4.90 Å². The molecule has 138 valence electrons. The SMILES string of the molecule is Cc1nn(CC(=O)N2CCNC2=O)c(C)c1S(=O)(=O)N1CCCCC1. The van der Waals surface area contributed by atoms with Gasteiger partial charge in [-0.3, -0.25) is 14.4 Å². The normalized spacial score (nSPS) is 19.3. The fourth-order valence-corrected chi connectivity index (χ4v) is 5.26. The molecule has 25 heavy (non-hydrogen) atoms. The minimum absolute atomic E-state index is 0.157. The third kappa shape index (κ3) is 3.28. The molecule has 0 saturated carbocycles. The number of carbonyl (C=O) groups excluding carboxylic acids is 2. The molecule has 3 amide bonds. The maximum Gasteiger partial charge on any atom is 0.324 e. The van der Waals surface area contributed by atoms with Crippen molar-refractivity contribution in [3.63, 3.8) is 0 Å². The van der Waals surface area contributed by atoms with Crippen LogP contribution in [0.5, 0.6) is 0 Å². The topological polar surface area (TPSA) is 105 Å². The number of hydrogen-bond acceptors (Lipinski definition) is 5. The van der Waals surface area contributed by atoms with Gasteiger partial charge in [-0.1, -0.05) is 6.42 Å². The Morgan fingerprint density at radius 2 is 1.84 bits per heavy atom. The van der Waals surface area contributed by atoms with Crippen LogP contribution in [-0.4, -0.2) is 65.5 Å². The van der Waals surface area contributed by atoms with E-state index in [9.17, 15) is 18.0 Å².